The summed E-state index contributed by atoms with van der Waals surface area (Å²) in [6, 6.07) is 3.20. The van der Waals surface area contributed by atoms with Crippen LogP contribution in [0.3, 0.4) is 0 Å². The number of nitrogens with one attached hydrogen (secondary N) is 1. The number of nitrogens with two attached hydrogens (primary N) is 1. The first-order valence-electron chi connectivity index (χ1n) is 4.58. The van der Waals surface area contributed by atoms with Crippen molar-refractivity contribution in [3.05, 3.63) is 34.2 Å². The highest BCUT2D eigenvalue weighted by Crippen LogP contribution is 2.24. The molecule has 0 atom stereocenters. The molecule has 0 spiro atoms. The Morgan fingerprint density at radius 2 is 2.20 bits per heavy atom. The number of hydrogen-bond donors (Lipinski definition) is 2. The number of H-pyrrole nitrogens is 1. The fourth-order valence-corrected chi connectivity index (χ4v) is 1.47. The van der Waals surface area contributed by atoms with Crippen LogP contribution in [0.1, 0.15) is 5.56 Å². The highest BCUT2D eigenvalue weighted by Gasteiger charge is 2.10. The van der Waals surface area contributed by atoms with Crippen molar-refractivity contribution in [1.29, 1.82) is 0 Å². The highest BCUT2D eigenvalue weighted by molar-refractivity contribution is 5.66. The molecule has 15 heavy (non-hydrogen) atoms. The van der Waals surface area contributed by atoms with E-state index in [9.17, 15) is 4.79 Å². The minimum absolute atomic E-state index is 0.125. The van der Waals surface area contributed by atoms with Gasteiger partial charge in [0.05, 0.1) is 5.69 Å². The van der Waals surface area contributed by atoms with E-state index < -0.39 is 0 Å². The molecule has 0 aliphatic heterocycles. The molecule has 0 unspecified atom stereocenters. The molecule has 78 valence electrons. The van der Waals surface area contributed by atoms with Crippen molar-refractivity contribution in [3.8, 4) is 11.3 Å². The average Bonchev–Trinajstić information content (AvgIpc) is 2.47. The summed E-state index contributed by atoms with van der Waals surface area (Å²) in [5.74, 6) is 0.635. The summed E-state index contributed by atoms with van der Waals surface area (Å²) in [4.78, 5) is 13.5. The van der Waals surface area contributed by atoms with E-state index in [0.717, 1.165) is 16.8 Å². The summed E-state index contributed by atoms with van der Waals surface area (Å²) in [7, 11) is 1.79. The molecule has 0 aromatic carbocycles. The third kappa shape index (κ3) is 1.52. The lowest BCUT2D eigenvalue weighted by molar-refractivity contribution is 0.782. The van der Waals surface area contributed by atoms with Crippen LogP contribution in [-0.2, 0) is 7.05 Å². The van der Waals surface area contributed by atoms with Gasteiger partial charge in [-0.25, -0.2) is 0 Å². The van der Waals surface area contributed by atoms with E-state index in [4.69, 9.17) is 5.73 Å². The van der Waals surface area contributed by atoms with E-state index >= 15 is 0 Å². The summed E-state index contributed by atoms with van der Waals surface area (Å²) in [5, 5.41) is 4.28. The molecule has 5 nitrogen and oxygen atoms in total. The van der Waals surface area contributed by atoms with Gasteiger partial charge in [-0.05, 0) is 13.0 Å². The van der Waals surface area contributed by atoms with Gasteiger partial charge in [-0.1, -0.05) is 0 Å². The van der Waals surface area contributed by atoms with Crippen molar-refractivity contribution >= 4 is 5.82 Å². The second kappa shape index (κ2) is 3.27. The molecule has 3 N–H and O–H groups in total. The Labute approximate surface area is 86.5 Å². The topological polar surface area (TPSA) is 76.7 Å². The smallest absolute Gasteiger partial charge is 0.247 e. The van der Waals surface area contributed by atoms with Crippen molar-refractivity contribution in [2.45, 2.75) is 6.92 Å². The van der Waals surface area contributed by atoms with E-state index in [2.05, 4.69) is 10.1 Å². The molecule has 5 heteroatoms. The normalized spacial score (nSPS) is 10.5. The van der Waals surface area contributed by atoms with Crippen LogP contribution in [0.25, 0.3) is 11.3 Å². The van der Waals surface area contributed by atoms with Crippen LogP contribution >= 0.6 is 0 Å². The molecule has 0 fully saturated rings. The largest absolute Gasteiger partial charge is 0.384 e. The number of aromatic nitrogens is 3. The number of pyridine rings is 1. The Morgan fingerprint density at radius 1 is 1.47 bits per heavy atom. The van der Waals surface area contributed by atoms with E-state index in [0.29, 0.717) is 5.82 Å². The van der Waals surface area contributed by atoms with Crippen molar-refractivity contribution in [2.24, 2.45) is 7.05 Å². The molecule has 0 saturated heterocycles. The lowest BCUT2D eigenvalue weighted by Crippen LogP contribution is -2.01. The molecule has 2 aromatic heterocycles. The average molecular weight is 204 g/mol. The molecule has 0 radical (unpaired) electrons. The number of anilines is 1. The van der Waals surface area contributed by atoms with E-state index in [1.165, 1.54) is 6.07 Å². The number of nitrogen functional groups attached to an aromatic ring is 1. The maximum atomic E-state index is 10.9. The Kier molecular flexibility index (Phi) is 2.07. The molecule has 2 rings (SSSR count). The first kappa shape index (κ1) is 9.51. The van der Waals surface area contributed by atoms with Crippen molar-refractivity contribution in [3.63, 3.8) is 0 Å². The fourth-order valence-electron chi connectivity index (χ4n) is 1.47. The predicted octanol–water partition coefficient (Wildman–Crippen LogP) is 0.666. The van der Waals surface area contributed by atoms with Crippen LogP contribution in [0.5, 0.6) is 0 Å². The second-order valence-electron chi connectivity index (χ2n) is 3.42. The molecular weight excluding hydrogens is 192 g/mol. The Bertz CT molecular complexity index is 533. The monoisotopic (exact) mass is 204 g/mol. The van der Waals surface area contributed by atoms with Crippen LogP contribution < -0.4 is 11.3 Å². The number of hydrogen-bond acceptors (Lipinski definition) is 3. The highest BCUT2D eigenvalue weighted by atomic mass is 16.1. The Hall–Kier alpha value is -2.04. The summed E-state index contributed by atoms with van der Waals surface area (Å²) in [6.07, 6.45) is 1.64. The van der Waals surface area contributed by atoms with E-state index in [1.807, 2.05) is 6.92 Å². The number of aromatic amines is 1. The van der Waals surface area contributed by atoms with Crippen molar-refractivity contribution in [1.82, 2.24) is 14.8 Å². The van der Waals surface area contributed by atoms with Crippen LogP contribution in [0.15, 0.2) is 23.1 Å². The Balaban J connectivity index is 2.59. The third-order valence-corrected chi connectivity index (χ3v) is 2.40. The summed E-state index contributed by atoms with van der Waals surface area (Å²) >= 11 is 0. The van der Waals surface area contributed by atoms with E-state index in [1.54, 1.807) is 24.0 Å². The number of rotatable bonds is 1. The predicted molar refractivity (Wildman–Crippen MR) is 58.4 cm³/mol. The first-order chi connectivity index (χ1) is 7.09. The zero-order chi connectivity index (χ0) is 11.0. The van der Waals surface area contributed by atoms with Crippen molar-refractivity contribution in [2.75, 3.05) is 5.73 Å². The summed E-state index contributed by atoms with van der Waals surface area (Å²) in [6.45, 7) is 1.91. The SMILES string of the molecule is Cc1c(-c2ccc(=O)[nH]c2)nn(C)c1N. The van der Waals surface area contributed by atoms with Crippen molar-refractivity contribution < 1.29 is 0 Å². The van der Waals surface area contributed by atoms with Crippen LogP contribution in [-0.4, -0.2) is 14.8 Å². The van der Waals surface area contributed by atoms with Gasteiger partial charge in [0.2, 0.25) is 5.56 Å². The second-order valence-corrected chi connectivity index (χ2v) is 3.42. The first-order valence-corrected chi connectivity index (χ1v) is 4.58. The lowest BCUT2D eigenvalue weighted by atomic mass is 10.1. The van der Waals surface area contributed by atoms with Gasteiger partial charge < -0.3 is 10.7 Å². The maximum absolute atomic E-state index is 10.9. The zero-order valence-electron chi connectivity index (χ0n) is 8.61. The van der Waals surface area contributed by atoms with Gasteiger partial charge in [0.1, 0.15) is 5.82 Å². The maximum Gasteiger partial charge on any atom is 0.247 e. The zero-order valence-corrected chi connectivity index (χ0v) is 8.61. The molecule has 0 amide bonds. The molecule has 2 aromatic rings. The summed E-state index contributed by atoms with van der Waals surface area (Å²) < 4.78 is 1.62. The van der Waals surface area contributed by atoms with Gasteiger partial charge in [-0.3, -0.25) is 9.48 Å². The molecule has 0 aliphatic rings. The van der Waals surface area contributed by atoms with Crippen LogP contribution in [0.2, 0.25) is 0 Å². The minimum Gasteiger partial charge on any atom is -0.384 e. The fraction of sp³-hybridized carbons (Fsp3) is 0.200. The van der Waals surface area contributed by atoms with Gasteiger partial charge in [0.15, 0.2) is 0 Å². The lowest BCUT2D eigenvalue weighted by Gasteiger charge is -1.96. The standard InChI is InChI=1S/C10H12N4O/c1-6-9(13-14(2)10(6)11)7-3-4-8(15)12-5-7/h3-5H,11H2,1-2H3,(H,12,15). The van der Waals surface area contributed by atoms with Crippen LogP contribution in [0.4, 0.5) is 5.82 Å². The minimum atomic E-state index is -0.125. The van der Waals surface area contributed by atoms with Gasteiger partial charge in [-0.2, -0.15) is 5.10 Å². The Morgan fingerprint density at radius 3 is 2.67 bits per heavy atom. The van der Waals surface area contributed by atoms with Gasteiger partial charge in [0, 0.05) is 30.4 Å². The van der Waals surface area contributed by atoms with Gasteiger partial charge >= 0.3 is 0 Å². The molecule has 0 saturated carbocycles. The quantitative estimate of drug-likeness (QED) is 0.716. The number of nitrogens with zero attached hydrogens (tertiary/aromatic N) is 2. The third-order valence-electron chi connectivity index (χ3n) is 2.40. The molecule has 2 heterocycles. The summed E-state index contributed by atoms with van der Waals surface area (Å²) in [5.41, 5.74) is 8.25. The molecule has 0 aliphatic carbocycles. The van der Waals surface area contributed by atoms with Crippen LogP contribution in [0, 0.1) is 6.92 Å². The van der Waals surface area contributed by atoms with E-state index in [-0.39, 0.29) is 5.56 Å². The van der Waals surface area contributed by atoms with Gasteiger partial charge in [-0.15, -0.1) is 0 Å². The molecular formula is C10H12N4O. The number of aryl methyl sites for hydroxylation is 1. The molecule has 0 bridgehead atoms. The van der Waals surface area contributed by atoms with Gasteiger partial charge in [0.25, 0.3) is 0 Å².